The van der Waals surface area contributed by atoms with E-state index in [9.17, 15) is 4.79 Å². The van der Waals surface area contributed by atoms with Crippen LogP contribution >= 0.6 is 11.3 Å². The van der Waals surface area contributed by atoms with Crippen molar-refractivity contribution < 1.29 is 4.79 Å². The fourth-order valence-electron chi connectivity index (χ4n) is 3.28. The number of piperidine rings is 1. The summed E-state index contributed by atoms with van der Waals surface area (Å²) in [7, 11) is 1.86. The first-order chi connectivity index (χ1) is 12.7. The molecule has 136 valence electrons. The van der Waals surface area contributed by atoms with Crippen molar-refractivity contribution in [3.8, 4) is 0 Å². The van der Waals surface area contributed by atoms with Crippen LogP contribution < -0.4 is 10.2 Å². The van der Waals surface area contributed by atoms with Gasteiger partial charge in [0.2, 0.25) is 5.82 Å². The van der Waals surface area contributed by atoms with Crippen LogP contribution in [-0.4, -0.2) is 45.3 Å². The molecule has 4 heterocycles. The van der Waals surface area contributed by atoms with Crippen LogP contribution in [0.2, 0.25) is 0 Å². The third-order valence-electron chi connectivity index (χ3n) is 4.57. The molecule has 0 saturated carbocycles. The normalized spacial score (nSPS) is 14.7. The zero-order valence-corrected chi connectivity index (χ0v) is 15.6. The first-order valence-corrected chi connectivity index (χ1v) is 9.85. The molecule has 1 saturated heterocycles. The van der Waals surface area contributed by atoms with E-state index < -0.39 is 0 Å². The molecule has 1 N–H and O–H groups in total. The maximum absolute atomic E-state index is 12.6. The number of amides is 1. The van der Waals surface area contributed by atoms with Crippen LogP contribution in [0.15, 0.2) is 23.7 Å². The van der Waals surface area contributed by atoms with E-state index in [2.05, 4.69) is 31.3 Å². The van der Waals surface area contributed by atoms with Crippen LogP contribution in [0.3, 0.4) is 0 Å². The van der Waals surface area contributed by atoms with E-state index in [4.69, 9.17) is 0 Å². The predicted octanol–water partition coefficient (Wildman–Crippen LogP) is 2.39. The van der Waals surface area contributed by atoms with Crippen molar-refractivity contribution >= 4 is 34.1 Å². The highest BCUT2D eigenvalue weighted by Crippen LogP contribution is 2.25. The van der Waals surface area contributed by atoms with Crippen LogP contribution in [-0.2, 0) is 13.5 Å². The molecule has 26 heavy (non-hydrogen) atoms. The van der Waals surface area contributed by atoms with E-state index in [1.807, 2.05) is 24.7 Å². The molecule has 1 fully saturated rings. The van der Waals surface area contributed by atoms with Gasteiger partial charge in [0.05, 0.1) is 5.39 Å². The lowest BCUT2D eigenvalue weighted by Crippen LogP contribution is -2.32. The van der Waals surface area contributed by atoms with Gasteiger partial charge < -0.3 is 10.2 Å². The Balaban J connectivity index is 1.56. The summed E-state index contributed by atoms with van der Waals surface area (Å²) in [5.41, 5.74) is 0.575. The molecule has 0 aliphatic carbocycles. The SMILES string of the molecule is Cn1cc2c(N3CCCCC3)nc(C(=O)NCCc3cccs3)nc2n1. The van der Waals surface area contributed by atoms with Crippen molar-refractivity contribution in [1.82, 2.24) is 25.1 Å². The highest BCUT2D eigenvalue weighted by atomic mass is 32.1. The lowest BCUT2D eigenvalue weighted by molar-refractivity contribution is 0.0944. The standard InChI is InChI=1S/C18H22N6OS/c1-23-12-14-15(22-23)20-16(21-17(14)24-9-3-2-4-10-24)18(25)19-8-7-13-6-5-11-26-13/h5-6,11-12H,2-4,7-10H2,1H3,(H,19,25). The zero-order valence-electron chi connectivity index (χ0n) is 14.8. The molecule has 0 bridgehead atoms. The number of hydrogen-bond donors (Lipinski definition) is 1. The van der Waals surface area contributed by atoms with Gasteiger partial charge in [0.25, 0.3) is 5.91 Å². The summed E-state index contributed by atoms with van der Waals surface area (Å²) in [6.45, 7) is 2.49. The molecule has 0 spiro atoms. The summed E-state index contributed by atoms with van der Waals surface area (Å²) in [6, 6.07) is 4.09. The zero-order chi connectivity index (χ0) is 17.9. The Kier molecular flexibility index (Phi) is 4.83. The predicted molar refractivity (Wildman–Crippen MR) is 103 cm³/mol. The molecular formula is C18H22N6OS. The maximum atomic E-state index is 12.6. The average molecular weight is 370 g/mol. The number of rotatable bonds is 5. The Labute approximate surface area is 156 Å². The van der Waals surface area contributed by atoms with Crippen LogP contribution in [0.4, 0.5) is 5.82 Å². The van der Waals surface area contributed by atoms with E-state index in [-0.39, 0.29) is 11.7 Å². The van der Waals surface area contributed by atoms with Gasteiger partial charge in [-0.05, 0) is 37.1 Å². The molecule has 1 aliphatic heterocycles. The molecule has 0 atom stereocenters. The number of thiophene rings is 1. The van der Waals surface area contributed by atoms with Gasteiger partial charge in [-0.1, -0.05) is 6.07 Å². The fourth-order valence-corrected chi connectivity index (χ4v) is 3.99. The average Bonchev–Trinajstić information content (AvgIpc) is 3.30. The first kappa shape index (κ1) is 17.0. The van der Waals surface area contributed by atoms with Gasteiger partial charge in [-0.15, -0.1) is 11.3 Å². The highest BCUT2D eigenvalue weighted by Gasteiger charge is 2.21. The van der Waals surface area contributed by atoms with E-state index in [1.54, 1.807) is 16.0 Å². The van der Waals surface area contributed by atoms with Gasteiger partial charge in [-0.25, -0.2) is 9.97 Å². The monoisotopic (exact) mass is 370 g/mol. The molecule has 8 heteroatoms. The molecule has 7 nitrogen and oxygen atoms in total. The number of hydrogen-bond acceptors (Lipinski definition) is 6. The quantitative estimate of drug-likeness (QED) is 0.746. The minimum Gasteiger partial charge on any atom is -0.356 e. The number of aryl methyl sites for hydroxylation is 1. The lowest BCUT2D eigenvalue weighted by Gasteiger charge is -2.28. The van der Waals surface area contributed by atoms with E-state index in [0.717, 1.165) is 43.6 Å². The number of fused-ring (bicyclic) bond motifs is 1. The summed E-state index contributed by atoms with van der Waals surface area (Å²) < 4.78 is 1.73. The van der Waals surface area contributed by atoms with Crippen molar-refractivity contribution in [2.24, 2.45) is 7.05 Å². The summed E-state index contributed by atoms with van der Waals surface area (Å²) in [5, 5.41) is 10.3. The number of carbonyl (C=O) groups excluding carboxylic acids is 1. The Morgan fingerprint density at radius 1 is 1.27 bits per heavy atom. The first-order valence-electron chi connectivity index (χ1n) is 8.97. The minimum absolute atomic E-state index is 0.197. The second-order valence-corrected chi connectivity index (χ2v) is 7.58. The molecule has 0 unspecified atom stereocenters. The topological polar surface area (TPSA) is 75.9 Å². The number of aromatic nitrogens is 4. The largest absolute Gasteiger partial charge is 0.356 e. The van der Waals surface area contributed by atoms with Crippen molar-refractivity contribution in [2.75, 3.05) is 24.5 Å². The summed E-state index contributed by atoms with van der Waals surface area (Å²) in [4.78, 5) is 25.1. The smallest absolute Gasteiger partial charge is 0.289 e. The Morgan fingerprint density at radius 2 is 2.12 bits per heavy atom. The van der Waals surface area contributed by atoms with Crippen molar-refractivity contribution in [3.63, 3.8) is 0 Å². The summed E-state index contributed by atoms with van der Waals surface area (Å²) in [6.07, 6.45) is 6.28. The lowest BCUT2D eigenvalue weighted by atomic mass is 10.1. The summed E-state index contributed by atoms with van der Waals surface area (Å²) >= 11 is 1.69. The molecule has 1 aliphatic rings. The molecular weight excluding hydrogens is 348 g/mol. The number of anilines is 1. The van der Waals surface area contributed by atoms with E-state index >= 15 is 0 Å². The molecule has 1 amide bonds. The Morgan fingerprint density at radius 3 is 2.88 bits per heavy atom. The molecule has 3 aromatic heterocycles. The second-order valence-electron chi connectivity index (χ2n) is 6.54. The molecule has 4 rings (SSSR count). The second kappa shape index (κ2) is 7.41. The van der Waals surface area contributed by atoms with Gasteiger partial charge in [0.15, 0.2) is 5.65 Å². The fraction of sp³-hybridized carbons (Fsp3) is 0.444. The summed E-state index contributed by atoms with van der Waals surface area (Å²) in [5.74, 6) is 0.779. The van der Waals surface area contributed by atoms with E-state index in [0.29, 0.717) is 12.2 Å². The van der Waals surface area contributed by atoms with Gasteiger partial charge in [0.1, 0.15) is 5.82 Å². The van der Waals surface area contributed by atoms with Gasteiger partial charge in [-0.2, -0.15) is 5.10 Å². The van der Waals surface area contributed by atoms with Crippen LogP contribution in [0, 0.1) is 0 Å². The van der Waals surface area contributed by atoms with Gasteiger partial charge in [-0.3, -0.25) is 9.48 Å². The number of carbonyl (C=O) groups is 1. The number of nitrogens with one attached hydrogen (secondary N) is 1. The Hall–Kier alpha value is -2.48. The van der Waals surface area contributed by atoms with Crippen LogP contribution in [0.5, 0.6) is 0 Å². The third-order valence-corrected chi connectivity index (χ3v) is 5.51. The molecule has 3 aromatic rings. The Bertz CT molecular complexity index is 898. The number of nitrogens with zero attached hydrogens (tertiary/aromatic N) is 5. The van der Waals surface area contributed by atoms with Crippen molar-refractivity contribution in [2.45, 2.75) is 25.7 Å². The maximum Gasteiger partial charge on any atom is 0.289 e. The molecule has 0 radical (unpaired) electrons. The van der Waals surface area contributed by atoms with Crippen LogP contribution in [0.25, 0.3) is 11.0 Å². The van der Waals surface area contributed by atoms with Crippen molar-refractivity contribution in [3.05, 3.63) is 34.4 Å². The van der Waals surface area contributed by atoms with Gasteiger partial charge in [0, 0.05) is 37.8 Å². The van der Waals surface area contributed by atoms with Crippen LogP contribution in [0.1, 0.15) is 34.8 Å². The van der Waals surface area contributed by atoms with Crippen molar-refractivity contribution in [1.29, 1.82) is 0 Å². The highest BCUT2D eigenvalue weighted by molar-refractivity contribution is 7.09. The van der Waals surface area contributed by atoms with E-state index in [1.165, 1.54) is 11.3 Å². The van der Waals surface area contributed by atoms with Gasteiger partial charge >= 0.3 is 0 Å². The third kappa shape index (κ3) is 3.55. The minimum atomic E-state index is -0.243. The molecule has 0 aromatic carbocycles.